The van der Waals surface area contributed by atoms with E-state index in [-0.39, 0.29) is 18.7 Å². The van der Waals surface area contributed by atoms with Gasteiger partial charge in [0.05, 0.1) is 6.10 Å². The Labute approximate surface area is 79.2 Å². The molecule has 0 aromatic heterocycles. The van der Waals surface area contributed by atoms with Crippen LogP contribution in [0.15, 0.2) is 0 Å². The molecule has 2 rings (SSSR count). The fourth-order valence-electron chi connectivity index (χ4n) is 1.58. The molecule has 0 radical (unpaired) electrons. The highest BCUT2D eigenvalue weighted by Crippen LogP contribution is 2.31. The molecule has 0 aliphatic carbocycles. The fraction of sp³-hybridized carbons (Fsp3) is 1.00. The van der Waals surface area contributed by atoms with Crippen molar-refractivity contribution in [1.82, 2.24) is 0 Å². The lowest BCUT2D eigenvalue weighted by Gasteiger charge is -2.30. The number of rotatable bonds is 2. The molecule has 3 atom stereocenters. The van der Waals surface area contributed by atoms with Gasteiger partial charge in [0.15, 0.2) is 14.6 Å². The standard InChI is InChI=1S/C8H16O4Si/c1-13(2,3)12-6-4-5-7-9-8(6)11-10-7/h6-8H,4-5H2,1-3H3/t6-,7-,8+/m1/s1. The van der Waals surface area contributed by atoms with E-state index >= 15 is 0 Å². The van der Waals surface area contributed by atoms with E-state index in [1.807, 2.05) is 0 Å². The van der Waals surface area contributed by atoms with Gasteiger partial charge in [0, 0.05) is 6.42 Å². The van der Waals surface area contributed by atoms with Gasteiger partial charge in [0.25, 0.3) is 0 Å². The number of fused-ring (bicyclic) bond motifs is 2. The molecule has 2 aliphatic heterocycles. The van der Waals surface area contributed by atoms with Crippen LogP contribution in [0, 0.1) is 0 Å². The van der Waals surface area contributed by atoms with Gasteiger partial charge in [0.1, 0.15) is 0 Å². The summed E-state index contributed by atoms with van der Waals surface area (Å²) < 4.78 is 11.3. The van der Waals surface area contributed by atoms with E-state index in [1.54, 1.807) is 0 Å². The molecule has 0 aromatic carbocycles. The second-order valence-electron chi connectivity index (χ2n) is 4.47. The Morgan fingerprint density at radius 1 is 1.15 bits per heavy atom. The van der Waals surface area contributed by atoms with Gasteiger partial charge < -0.3 is 9.16 Å². The predicted molar refractivity (Wildman–Crippen MR) is 48.3 cm³/mol. The Kier molecular flexibility index (Phi) is 2.46. The normalized spacial score (nSPS) is 39.5. The highest BCUT2D eigenvalue weighted by atomic mass is 28.4. The summed E-state index contributed by atoms with van der Waals surface area (Å²) in [6.45, 7) is 6.48. The first kappa shape index (κ1) is 9.61. The molecule has 0 aromatic rings. The predicted octanol–water partition coefficient (Wildman–Crippen LogP) is 1.63. The van der Waals surface area contributed by atoms with Crippen LogP contribution in [-0.2, 0) is 18.9 Å². The summed E-state index contributed by atoms with van der Waals surface area (Å²) in [5.41, 5.74) is 0. The third-order valence-corrected chi connectivity index (χ3v) is 3.05. The molecule has 0 unspecified atom stereocenters. The minimum absolute atomic E-state index is 0.0606. The highest BCUT2D eigenvalue weighted by Gasteiger charge is 2.41. The van der Waals surface area contributed by atoms with Crippen molar-refractivity contribution in [2.24, 2.45) is 0 Å². The molecule has 2 heterocycles. The van der Waals surface area contributed by atoms with Gasteiger partial charge in [-0.3, -0.25) is 0 Å². The first-order valence-corrected chi connectivity index (χ1v) is 8.11. The van der Waals surface area contributed by atoms with Crippen LogP contribution in [0.2, 0.25) is 19.6 Å². The monoisotopic (exact) mass is 204 g/mol. The summed E-state index contributed by atoms with van der Waals surface area (Å²) in [6.07, 6.45) is 1.44. The highest BCUT2D eigenvalue weighted by molar-refractivity contribution is 6.69. The average Bonchev–Trinajstić information content (AvgIpc) is 2.37. The summed E-state index contributed by atoms with van der Waals surface area (Å²) >= 11 is 0. The van der Waals surface area contributed by atoms with Gasteiger partial charge in [-0.25, -0.2) is 4.89 Å². The Hall–Kier alpha value is 0.0569. The van der Waals surface area contributed by atoms with Crippen molar-refractivity contribution in [2.45, 2.75) is 51.2 Å². The van der Waals surface area contributed by atoms with E-state index in [1.165, 1.54) is 0 Å². The van der Waals surface area contributed by atoms with Crippen molar-refractivity contribution < 1.29 is 18.9 Å². The minimum atomic E-state index is -1.50. The number of hydrogen-bond acceptors (Lipinski definition) is 4. The first-order chi connectivity index (χ1) is 6.04. The van der Waals surface area contributed by atoms with Crippen molar-refractivity contribution in [1.29, 1.82) is 0 Å². The minimum Gasteiger partial charge on any atom is -0.409 e. The zero-order chi connectivity index (χ0) is 9.47. The van der Waals surface area contributed by atoms with E-state index in [0.29, 0.717) is 0 Å². The maximum absolute atomic E-state index is 5.92. The van der Waals surface area contributed by atoms with Crippen molar-refractivity contribution in [3.8, 4) is 0 Å². The third kappa shape index (κ3) is 2.29. The van der Waals surface area contributed by atoms with Crippen LogP contribution in [0.4, 0.5) is 0 Å². The molecule has 13 heavy (non-hydrogen) atoms. The first-order valence-electron chi connectivity index (χ1n) is 4.70. The van der Waals surface area contributed by atoms with Crippen molar-refractivity contribution in [3.63, 3.8) is 0 Å². The molecule has 2 aliphatic rings. The van der Waals surface area contributed by atoms with E-state index < -0.39 is 8.32 Å². The van der Waals surface area contributed by atoms with Crippen LogP contribution in [0.5, 0.6) is 0 Å². The quantitative estimate of drug-likeness (QED) is 0.506. The number of ether oxygens (including phenoxy) is 1. The molecule has 2 fully saturated rings. The third-order valence-electron chi connectivity index (χ3n) is 2.04. The van der Waals surface area contributed by atoms with E-state index in [9.17, 15) is 0 Å². The van der Waals surface area contributed by atoms with Crippen LogP contribution in [0.1, 0.15) is 12.8 Å². The van der Waals surface area contributed by atoms with Crippen LogP contribution in [0.25, 0.3) is 0 Å². The Morgan fingerprint density at radius 3 is 2.62 bits per heavy atom. The van der Waals surface area contributed by atoms with Crippen molar-refractivity contribution in [3.05, 3.63) is 0 Å². The molecular weight excluding hydrogens is 188 g/mol. The maximum atomic E-state index is 5.92. The molecule has 0 N–H and O–H groups in total. The lowest BCUT2D eigenvalue weighted by atomic mass is 10.1. The lowest BCUT2D eigenvalue weighted by Crippen LogP contribution is -2.42. The van der Waals surface area contributed by atoms with Crippen LogP contribution >= 0.6 is 0 Å². The molecule has 0 spiro atoms. The molecule has 0 saturated carbocycles. The van der Waals surface area contributed by atoms with Crippen LogP contribution in [0.3, 0.4) is 0 Å². The summed E-state index contributed by atoms with van der Waals surface area (Å²) in [5, 5.41) is 0. The smallest absolute Gasteiger partial charge is 0.219 e. The van der Waals surface area contributed by atoms with Crippen molar-refractivity contribution >= 4 is 8.32 Å². The van der Waals surface area contributed by atoms with Crippen molar-refractivity contribution in [2.75, 3.05) is 0 Å². The van der Waals surface area contributed by atoms with Gasteiger partial charge in [-0.15, -0.1) is 0 Å². The van der Waals surface area contributed by atoms with E-state index in [2.05, 4.69) is 19.6 Å². The summed E-state index contributed by atoms with van der Waals surface area (Å²) in [6, 6.07) is 0. The second-order valence-corrected chi connectivity index (χ2v) is 8.93. The summed E-state index contributed by atoms with van der Waals surface area (Å²) in [5.74, 6) is 0. The summed E-state index contributed by atoms with van der Waals surface area (Å²) in [4.78, 5) is 9.95. The van der Waals surface area contributed by atoms with Gasteiger partial charge in [-0.05, 0) is 26.1 Å². The van der Waals surface area contributed by atoms with Gasteiger partial charge in [-0.2, -0.15) is 4.89 Å². The number of hydrogen-bond donors (Lipinski definition) is 0. The maximum Gasteiger partial charge on any atom is 0.219 e. The zero-order valence-corrected chi connectivity index (χ0v) is 9.28. The molecule has 5 heteroatoms. The molecule has 2 saturated heterocycles. The van der Waals surface area contributed by atoms with E-state index in [0.717, 1.165) is 12.8 Å². The Balaban J connectivity index is 1.93. The van der Waals surface area contributed by atoms with Gasteiger partial charge in [0.2, 0.25) is 6.29 Å². The fourth-order valence-corrected chi connectivity index (χ4v) is 2.72. The zero-order valence-electron chi connectivity index (χ0n) is 8.28. The molecule has 4 nitrogen and oxygen atoms in total. The van der Waals surface area contributed by atoms with E-state index in [4.69, 9.17) is 18.9 Å². The van der Waals surface area contributed by atoms with Crippen LogP contribution < -0.4 is 0 Å². The SMILES string of the molecule is C[Si](C)(C)O[C@@H]1CC[C@H]2OO[C@@H]1O2. The van der Waals surface area contributed by atoms with Gasteiger partial charge >= 0.3 is 0 Å². The molecule has 76 valence electrons. The second kappa shape index (κ2) is 3.32. The van der Waals surface area contributed by atoms with Crippen LogP contribution in [-0.4, -0.2) is 27.0 Å². The Bertz CT molecular complexity index is 191. The topological polar surface area (TPSA) is 36.9 Å². The Morgan fingerprint density at radius 2 is 1.92 bits per heavy atom. The molecule has 0 amide bonds. The average molecular weight is 204 g/mol. The summed E-state index contributed by atoms with van der Waals surface area (Å²) in [7, 11) is -1.50. The molecular formula is C8H16O4Si. The largest absolute Gasteiger partial charge is 0.409 e. The lowest BCUT2D eigenvalue weighted by molar-refractivity contribution is -0.297. The molecule has 2 bridgehead atoms. The van der Waals surface area contributed by atoms with Gasteiger partial charge in [-0.1, -0.05) is 0 Å².